The smallest absolute Gasteiger partial charge is 0.377 e. The van der Waals surface area contributed by atoms with Gasteiger partial charge in [-0.2, -0.15) is 0 Å². The summed E-state index contributed by atoms with van der Waals surface area (Å²) in [6.07, 6.45) is 3.30. The van der Waals surface area contributed by atoms with Gasteiger partial charge in [0.2, 0.25) is 0 Å². The SMILES string of the molecule is C=CN(Cc1ccccc1)C(CC)O[Si](CCCN)(OC)OC. The summed E-state index contributed by atoms with van der Waals surface area (Å²) < 4.78 is 17.6. The van der Waals surface area contributed by atoms with Crippen LogP contribution in [0.2, 0.25) is 6.04 Å². The van der Waals surface area contributed by atoms with Crippen molar-refractivity contribution in [3.05, 3.63) is 48.7 Å². The lowest BCUT2D eigenvalue weighted by Crippen LogP contribution is -2.50. The van der Waals surface area contributed by atoms with E-state index in [2.05, 4.69) is 30.5 Å². The first-order valence-electron chi connectivity index (χ1n) is 8.05. The number of rotatable bonds is 12. The molecule has 0 bridgehead atoms. The van der Waals surface area contributed by atoms with Gasteiger partial charge in [0, 0.05) is 26.8 Å². The van der Waals surface area contributed by atoms with E-state index in [1.807, 2.05) is 24.4 Å². The van der Waals surface area contributed by atoms with Crippen molar-refractivity contribution in [2.75, 3.05) is 20.8 Å². The molecule has 0 heterocycles. The zero-order valence-corrected chi connectivity index (χ0v) is 15.5. The Labute approximate surface area is 141 Å². The van der Waals surface area contributed by atoms with Crippen molar-refractivity contribution in [2.45, 2.75) is 38.6 Å². The van der Waals surface area contributed by atoms with Crippen molar-refractivity contribution in [3.8, 4) is 0 Å². The van der Waals surface area contributed by atoms with Crippen molar-refractivity contribution in [2.24, 2.45) is 5.73 Å². The van der Waals surface area contributed by atoms with E-state index in [-0.39, 0.29) is 6.23 Å². The van der Waals surface area contributed by atoms with Gasteiger partial charge in [0.1, 0.15) is 6.23 Å². The molecule has 1 aromatic rings. The van der Waals surface area contributed by atoms with E-state index < -0.39 is 8.80 Å². The average Bonchev–Trinajstić information content (AvgIpc) is 2.62. The van der Waals surface area contributed by atoms with Crippen LogP contribution in [-0.2, 0) is 19.8 Å². The first-order valence-corrected chi connectivity index (χ1v) is 9.98. The summed E-state index contributed by atoms with van der Waals surface area (Å²) in [5.74, 6) is 0. The molecule has 0 saturated carbocycles. The molecule has 6 heteroatoms. The van der Waals surface area contributed by atoms with E-state index in [0.29, 0.717) is 12.6 Å². The fourth-order valence-corrected chi connectivity index (χ4v) is 4.67. The quantitative estimate of drug-likeness (QED) is 0.469. The maximum absolute atomic E-state index is 6.31. The van der Waals surface area contributed by atoms with Crippen LogP contribution >= 0.6 is 0 Å². The monoisotopic (exact) mass is 338 g/mol. The second-order valence-electron chi connectivity index (χ2n) is 5.30. The third-order valence-electron chi connectivity index (χ3n) is 3.79. The first-order chi connectivity index (χ1) is 11.1. The minimum absolute atomic E-state index is 0.142. The molecule has 0 aliphatic carbocycles. The van der Waals surface area contributed by atoms with Crippen LogP contribution in [0.5, 0.6) is 0 Å². The van der Waals surface area contributed by atoms with Crippen LogP contribution < -0.4 is 5.73 Å². The first kappa shape index (κ1) is 19.9. The molecule has 0 aromatic heterocycles. The molecular weight excluding hydrogens is 308 g/mol. The maximum Gasteiger partial charge on any atom is 0.502 e. The van der Waals surface area contributed by atoms with E-state index in [0.717, 1.165) is 19.4 Å². The zero-order valence-electron chi connectivity index (χ0n) is 14.5. The van der Waals surface area contributed by atoms with E-state index in [1.165, 1.54) is 5.56 Å². The highest BCUT2D eigenvalue weighted by Gasteiger charge is 2.41. The summed E-state index contributed by atoms with van der Waals surface area (Å²) in [6.45, 7) is 7.34. The summed E-state index contributed by atoms with van der Waals surface area (Å²) >= 11 is 0. The molecule has 0 amide bonds. The lowest BCUT2D eigenvalue weighted by atomic mass is 10.2. The van der Waals surface area contributed by atoms with Crippen LogP contribution in [0.4, 0.5) is 0 Å². The minimum atomic E-state index is -2.71. The van der Waals surface area contributed by atoms with Gasteiger partial charge < -0.3 is 23.9 Å². The summed E-state index contributed by atoms with van der Waals surface area (Å²) in [5, 5.41) is 0. The Balaban J connectivity index is 2.83. The number of nitrogens with two attached hydrogens (primary N) is 1. The molecule has 0 fully saturated rings. The Morgan fingerprint density at radius 3 is 2.39 bits per heavy atom. The highest BCUT2D eigenvalue weighted by molar-refractivity contribution is 6.60. The highest BCUT2D eigenvalue weighted by atomic mass is 28.4. The van der Waals surface area contributed by atoms with Gasteiger partial charge in [-0.1, -0.05) is 43.8 Å². The summed E-state index contributed by atoms with van der Waals surface area (Å²) in [7, 11) is 0.580. The van der Waals surface area contributed by atoms with Gasteiger partial charge in [-0.25, -0.2) is 0 Å². The van der Waals surface area contributed by atoms with Crippen LogP contribution in [0, 0.1) is 0 Å². The summed E-state index contributed by atoms with van der Waals surface area (Å²) in [5.41, 5.74) is 6.83. The molecule has 1 rings (SSSR count). The van der Waals surface area contributed by atoms with Gasteiger partial charge in [0.15, 0.2) is 0 Å². The topological polar surface area (TPSA) is 57.0 Å². The fourth-order valence-electron chi connectivity index (χ4n) is 2.43. The third kappa shape index (κ3) is 6.08. The standard InChI is InChI=1S/C17H30N2O3Si/c1-5-17(22-23(20-3,21-4)14-10-13-18)19(6-2)15-16-11-8-7-9-12-16/h6-9,11-12,17H,2,5,10,13-15,18H2,1,3-4H3. The third-order valence-corrected chi connectivity index (χ3v) is 6.63. The van der Waals surface area contributed by atoms with Gasteiger partial charge in [0.25, 0.3) is 0 Å². The van der Waals surface area contributed by atoms with Crippen molar-refractivity contribution in [3.63, 3.8) is 0 Å². The Kier molecular flexibility index (Phi) is 9.12. The van der Waals surface area contributed by atoms with Crippen molar-refractivity contribution >= 4 is 8.80 Å². The van der Waals surface area contributed by atoms with Crippen LogP contribution in [-0.4, -0.2) is 40.7 Å². The largest absolute Gasteiger partial charge is 0.502 e. The molecule has 0 spiro atoms. The van der Waals surface area contributed by atoms with E-state index in [9.17, 15) is 0 Å². The van der Waals surface area contributed by atoms with Crippen molar-refractivity contribution in [1.82, 2.24) is 4.90 Å². The molecule has 0 aliphatic heterocycles. The number of hydrogen-bond acceptors (Lipinski definition) is 5. The molecule has 0 radical (unpaired) electrons. The van der Waals surface area contributed by atoms with Crippen molar-refractivity contribution < 1.29 is 13.3 Å². The van der Waals surface area contributed by atoms with E-state index >= 15 is 0 Å². The number of benzene rings is 1. The average molecular weight is 339 g/mol. The summed E-state index contributed by atoms with van der Waals surface area (Å²) in [4.78, 5) is 2.08. The van der Waals surface area contributed by atoms with E-state index in [4.69, 9.17) is 19.0 Å². The predicted molar refractivity (Wildman–Crippen MR) is 95.6 cm³/mol. The minimum Gasteiger partial charge on any atom is -0.377 e. The summed E-state index contributed by atoms with van der Waals surface area (Å²) in [6, 6.07) is 11.0. The number of hydrogen-bond donors (Lipinski definition) is 1. The van der Waals surface area contributed by atoms with Crippen molar-refractivity contribution in [1.29, 1.82) is 0 Å². The predicted octanol–water partition coefficient (Wildman–Crippen LogP) is 2.97. The Morgan fingerprint density at radius 2 is 1.91 bits per heavy atom. The van der Waals surface area contributed by atoms with Gasteiger partial charge in [-0.3, -0.25) is 0 Å². The molecule has 1 unspecified atom stereocenters. The van der Waals surface area contributed by atoms with Crippen LogP contribution in [0.25, 0.3) is 0 Å². The molecule has 1 aromatic carbocycles. The molecule has 5 nitrogen and oxygen atoms in total. The normalized spacial score (nSPS) is 12.9. The maximum atomic E-state index is 6.31. The zero-order chi connectivity index (χ0) is 17.1. The second-order valence-corrected chi connectivity index (χ2v) is 8.22. The Hall–Kier alpha value is -1.18. The molecular formula is C17H30N2O3Si. The molecule has 0 saturated heterocycles. The van der Waals surface area contributed by atoms with Crippen LogP contribution in [0.1, 0.15) is 25.3 Å². The molecule has 23 heavy (non-hydrogen) atoms. The molecule has 2 N–H and O–H groups in total. The molecule has 130 valence electrons. The van der Waals surface area contributed by atoms with Gasteiger partial charge in [-0.15, -0.1) is 0 Å². The van der Waals surface area contributed by atoms with Crippen LogP contribution in [0.15, 0.2) is 43.1 Å². The Morgan fingerprint density at radius 1 is 1.26 bits per heavy atom. The second kappa shape index (κ2) is 10.6. The molecule has 0 aliphatic rings. The Bertz CT molecular complexity index is 441. The van der Waals surface area contributed by atoms with Gasteiger partial charge in [-0.05, 0) is 31.1 Å². The van der Waals surface area contributed by atoms with Gasteiger partial charge in [0.05, 0.1) is 0 Å². The fraction of sp³-hybridized carbons (Fsp3) is 0.529. The van der Waals surface area contributed by atoms with E-state index in [1.54, 1.807) is 14.2 Å². The number of nitrogens with zero attached hydrogens (tertiary/aromatic N) is 1. The highest BCUT2D eigenvalue weighted by Crippen LogP contribution is 2.22. The lowest BCUT2D eigenvalue weighted by molar-refractivity contribution is -0.0186. The van der Waals surface area contributed by atoms with Crippen LogP contribution in [0.3, 0.4) is 0 Å². The molecule has 1 atom stereocenters. The van der Waals surface area contributed by atoms with Gasteiger partial charge >= 0.3 is 8.80 Å². The lowest BCUT2D eigenvalue weighted by Gasteiger charge is -2.36.